The van der Waals surface area contributed by atoms with Crippen LogP contribution in [0.4, 0.5) is 5.69 Å². The Morgan fingerprint density at radius 1 is 1.14 bits per heavy atom. The van der Waals surface area contributed by atoms with Gasteiger partial charge in [-0.25, -0.2) is 8.42 Å². The number of sulfonamides is 1. The number of anilines is 1. The predicted molar refractivity (Wildman–Crippen MR) is 162 cm³/mol. The monoisotopic (exact) mass is 613 g/mol. The Morgan fingerprint density at radius 3 is 2.50 bits per heavy atom. The molecule has 0 saturated heterocycles. The van der Waals surface area contributed by atoms with Gasteiger partial charge in [0.15, 0.2) is 0 Å². The number of benzene rings is 3. The minimum absolute atomic E-state index is 0.0106. The molecule has 1 heterocycles. The molecule has 0 aliphatic carbocycles. The van der Waals surface area contributed by atoms with Crippen LogP contribution in [-0.2, 0) is 32.5 Å². The van der Waals surface area contributed by atoms with Gasteiger partial charge >= 0.3 is 0 Å². The fraction of sp³-hybridized carbons (Fsp3) is 0.355. The number of carbonyl (C=O) groups excluding carboxylic acids is 2. The van der Waals surface area contributed by atoms with E-state index >= 15 is 0 Å². The molecule has 0 spiro atoms. The van der Waals surface area contributed by atoms with Crippen molar-refractivity contribution < 1.29 is 27.9 Å². The average Bonchev–Trinajstić information content (AvgIpc) is 3.00. The fourth-order valence-corrected chi connectivity index (χ4v) is 6.16. The number of aliphatic hydroxyl groups excluding tert-OH is 1. The summed E-state index contributed by atoms with van der Waals surface area (Å²) in [6.07, 6.45) is -0.447. The second-order valence-corrected chi connectivity index (χ2v) is 13.1. The Bertz CT molecular complexity index is 1500. The molecule has 2 amide bonds. The molecule has 3 atom stereocenters. The number of ether oxygens (including phenoxy) is 1. The lowest BCUT2D eigenvalue weighted by Gasteiger charge is -2.33. The lowest BCUT2D eigenvalue weighted by molar-refractivity contribution is -0.134. The van der Waals surface area contributed by atoms with Crippen molar-refractivity contribution in [3.63, 3.8) is 0 Å². The fourth-order valence-electron chi connectivity index (χ4n) is 4.85. The van der Waals surface area contributed by atoms with E-state index in [1.165, 1.54) is 35.6 Å². The molecule has 11 heteroatoms. The first-order valence-electron chi connectivity index (χ1n) is 13.7. The van der Waals surface area contributed by atoms with Gasteiger partial charge in [0.25, 0.3) is 0 Å². The van der Waals surface area contributed by atoms with Gasteiger partial charge in [-0.05, 0) is 55.0 Å². The highest BCUT2D eigenvalue weighted by atomic mass is 35.5. The van der Waals surface area contributed by atoms with Crippen molar-refractivity contribution in [3.05, 3.63) is 88.9 Å². The van der Waals surface area contributed by atoms with Crippen LogP contribution in [0.3, 0.4) is 0 Å². The quantitative estimate of drug-likeness (QED) is 0.377. The zero-order valence-corrected chi connectivity index (χ0v) is 25.4. The van der Waals surface area contributed by atoms with Crippen LogP contribution in [0.25, 0.3) is 0 Å². The van der Waals surface area contributed by atoms with Crippen molar-refractivity contribution in [1.82, 2.24) is 9.21 Å². The number of hydrogen-bond acceptors (Lipinski definition) is 6. The highest BCUT2D eigenvalue weighted by molar-refractivity contribution is 7.89. The normalized spacial score (nSPS) is 18.3. The van der Waals surface area contributed by atoms with Crippen LogP contribution in [0.5, 0.6) is 5.75 Å². The third-order valence-electron chi connectivity index (χ3n) is 7.37. The summed E-state index contributed by atoms with van der Waals surface area (Å²) in [7, 11) is -2.37. The van der Waals surface area contributed by atoms with Crippen LogP contribution in [0.1, 0.15) is 25.0 Å². The van der Waals surface area contributed by atoms with Gasteiger partial charge in [-0.2, -0.15) is 4.31 Å². The summed E-state index contributed by atoms with van der Waals surface area (Å²) < 4.78 is 34.3. The summed E-state index contributed by atoms with van der Waals surface area (Å²) in [5.74, 6) is -0.268. The number of halogens is 1. The van der Waals surface area contributed by atoms with Gasteiger partial charge in [0, 0.05) is 35.8 Å². The molecule has 2 N–H and O–H groups in total. The first-order valence-corrected chi connectivity index (χ1v) is 15.5. The van der Waals surface area contributed by atoms with E-state index in [-0.39, 0.29) is 55.2 Å². The summed E-state index contributed by atoms with van der Waals surface area (Å²) in [6.45, 7) is 3.69. The van der Waals surface area contributed by atoms with Crippen LogP contribution >= 0.6 is 11.6 Å². The third kappa shape index (κ3) is 7.69. The molecule has 0 unspecified atom stereocenters. The molecule has 3 aromatic rings. The van der Waals surface area contributed by atoms with Crippen LogP contribution in [0.2, 0.25) is 5.02 Å². The van der Waals surface area contributed by atoms with Crippen LogP contribution in [0.15, 0.2) is 77.7 Å². The summed E-state index contributed by atoms with van der Waals surface area (Å²) in [5, 5.41) is 13.2. The van der Waals surface area contributed by atoms with Crippen LogP contribution < -0.4 is 10.1 Å². The van der Waals surface area contributed by atoms with E-state index in [1.54, 1.807) is 30.0 Å². The van der Waals surface area contributed by atoms with Crippen LogP contribution in [0, 0.1) is 5.92 Å². The summed E-state index contributed by atoms with van der Waals surface area (Å²) >= 11 is 5.95. The molecule has 9 nitrogen and oxygen atoms in total. The maximum absolute atomic E-state index is 13.5. The molecule has 1 aliphatic heterocycles. The van der Waals surface area contributed by atoms with E-state index in [9.17, 15) is 23.1 Å². The SMILES string of the molecule is C[C@H](CO)N1C[C@H](C)[C@H](CN(C)S(=O)(=O)c2ccc(Cl)cc2)Oc2ccc(NC(=O)Cc3ccccc3)cc2CC1=O. The maximum Gasteiger partial charge on any atom is 0.242 e. The van der Waals surface area contributed by atoms with Crippen LogP contribution in [-0.4, -0.2) is 73.4 Å². The minimum atomic E-state index is -3.85. The number of aliphatic hydroxyl groups is 1. The number of carbonyl (C=O) groups is 2. The van der Waals surface area contributed by atoms with Crippen molar-refractivity contribution >= 4 is 39.1 Å². The number of nitrogens with one attached hydrogen (secondary N) is 1. The number of fused-ring (bicyclic) bond motifs is 1. The van der Waals surface area contributed by atoms with Gasteiger partial charge in [-0.1, -0.05) is 48.9 Å². The Morgan fingerprint density at radius 2 is 1.83 bits per heavy atom. The lowest BCUT2D eigenvalue weighted by Crippen LogP contribution is -2.48. The second-order valence-electron chi connectivity index (χ2n) is 10.7. The standard InChI is InChI=1S/C31H36ClN3O6S/c1-21-18-35(22(2)20-36)31(38)17-24-16-26(33-30(37)15-23-7-5-4-6-8-23)11-14-28(24)41-29(21)19-34(3)42(39,40)27-12-9-25(32)10-13-27/h4-14,16,21-22,29,36H,15,17-20H2,1-3H3,(H,33,37)/t21-,22+,29-/m0/s1. The van der Waals surface area contributed by atoms with E-state index in [0.717, 1.165) is 5.56 Å². The molecule has 0 radical (unpaired) electrons. The molecule has 4 rings (SSSR count). The van der Waals surface area contributed by atoms with Crippen molar-refractivity contribution in [2.45, 2.75) is 43.7 Å². The largest absolute Gasteiger partial charge is 0.488 e. The molecule has 0 fully saturated rings. The molecule has 224 valence electrons. The topological polar surface area (TPSA) is 116 Å². The smallest absolute Gasteiger partial charge is 0.242 e. The molecule has 1 aliphatic rings. The van der Waals surface area contributed by atoms with Crippen molar-refractivity contribution in [1.29, 1.82) is 0 Å². The van der Waals surface area contributed by atoms with Gasteiger partial charge in [0.2, 0.25) is 21.8 Å². The maximum atomic E-state index is 13.5. The van der Waals surface area contributed by atoms with E-state index in [0.29, 0.717) is 22.0 Å². The average molecular weight is 614 g/mol. The summed E-state index contributed by atoms with van der Waals surface area (Å²) in [6, 6.07) is 20.0. The van der Waals surface area contributed by atoms with Gasteiger partial charge in [0.1, 0.15) is 11.9 Å². The molecular weight excluding hydrogens is 578 g/mol. The number of likely N-dealkylation sites (N-methyl/N-ethyl adjacent to an activating group) is 1. The number of nitrogens with zero attached hydrogens (tertiary/aromatic N) is 2. The number of hydrogen-bond donors (Lipinski definition) is 2. The Kier molecular flexibility index (Phi) is 10.3. The minimum Gasteiger partial charge on any atom is -0.488 e. The zero-order valence-electron chi connectivity index (χ0n) is 23.9. The van der Waals surface area contributed by atoms with E-state index in [2.05, 4.69) is 5.32 Å². The molecule has 0 bridgehead atoms. The van der Waals surface area contributed by atoms with Crippen molar-refractivity contribution in [2.24, 2.45) is 5.92 Å². The molecule has 0 saturated carbocycles. The van der Waals surface area contributed by atoms with E-state index in [1.807, 2.05) is 37.3 Å². The second kappa shape index (κ2) is 13.7. The molecule has 42 heavy (non-hydrogen) atoms. The van der Waals surface area contributed by atoms with E-state index in [4.69, 9.17) is 16.3 Å². The Hall–Kier alpha value is -3.44. The zero-order chi connectivity index (χ0) is 30.4. The van der Waals surface area contributed by atoms with E-state index < -0.39 is 22.2 Å². The number of amides is 2. The summed E-state index contributed by atoms with van der Waals surface area (Å²) in [5.41, 5.74) is 1.94. The Labute approximate surface area is 252 Å². The van der Waals surface area contributed by atoms with Gasteiger partial charge < -0.3 is 20.1 Å². The van der Waals surface area contributed by atoms with Gasteiger partial charge in [0.05, 0.1) is 36.9 Å². The third-order valence-corrected chi connectivity index (χ3v) is 9.46. The highest BCUT2D eigenvalue weighted by Gasteiger charge is 2.33. The number of rotatable bonds is 9. The first kappa shape index (κ1) is 31.5. The molecular formula is C31H36ClN3O6S. The lowest BCUT2D eigenvalue weighted by atomic mass is 10.0. The first-order chi connectivity index (χ1) is 20.0. The molecule has 3 aromatic carbocycles. The van der Waals surface area contributed by atoms with Crippen molar-refractivity contribution in [3.8, 4) is 5.75 Å². The summed E-state index contributed by atoms with van der Waals surface area (Å²) in [4.78, 5) is 27.9. The highest BCUT2D eigenvalue weighted by Crippen LogP contribution is 2.30. The van der Waals surface area contributed by atoms with Crippen molar-refractivity contribution in [2.75, 3.05) is 32.1 Å². The van der Waals surface area contributed by atoms with Gasteiger partial charge in [-0.15, -0.1) is 0 Å². The predicted octanol–water partition coefficient (Wildman–Crippen LogP) is 3.99. The molecule has 0 aromatic heterocycles. The Balaban J connectivity index is 1.62. The van der Waals surface area contributed by atoms with Gasteiger partial charge in [-0.3, -0.25) is 9.59 Å².